The van der Waals surface area contributed by atoms with Gasteiger partial charge in [0.1, 0.15) is 0 Å². The van der Waals surface area contributed by atoms with Crippen LogP contribution in [-0.4, -0.2) is 34.9 Å². The molecule has 0 saturated heterocycles. The summed E-state index contributed by atoms with van der Waals surface area (Å²) in [7, 11) is 0. The van der Waals surface area contributed by atoms with E-state index in [-0.39, 0.29) is 12.5 Å². The Morgan fingerprint density at radius 1 is 0.828 bits per heavy atom. The van der Waals surface area contributed by atoms with Crippen LogP contribution < -0.4 is 5.32 Å². The summed E-state index contributed by atoms with van der Waals surface area (Å²) < 4.78 is 0. The quantitative estimate of drug-likeness (QED) is 0.175. The molecule has 0 radical (unpaired) electrons. The molecule has 1 amide bonds. The van der Waals surface area contributed by atoms with E-state index >= 15 is 0 Å². The topological polar surface area (TPSA) is 69.6 Å². The van der Waals surface area contributed by atoms with E-state index in [1.807, 2.05) is 6.08 Å². The Kier molecular flexibility index (Phi) is 20.7. The Morgan fingerprint density at radius 3 is 1.97 bits per heavy atom. The highest BCUT2D eigenvalue weighted by molar-refractivity contribution is 5.76. The van der Waals surface area contributed by atoms with Gasteiger partial charge in [-0.1, -0.05) is 109 Å². The maximum atomic E-state index is 12.0. The van der Waals surface area contributed by atoms with Gasteiger partial charge in [0.25, 0.3) is 0 Å². The minimum atomic E-state index is -0.878. The third-order valence-electron chi connectivity index (χ3n) is 5.24. The van der Waals surface area contributed by atoms with Crippen LogP contribution in [0.5, 0.6) is 0 Å². The van der Waals surface area contributed by atoms with Crippen LogP contribution in [-0.2, 0) is 4.79 Å². The van der Waals surface area contributed by atoms with Gasteiger partial charge >= 0.3 is 0 Å². The third-order valence-corrected chi connectivity index (χ3v) is 5.24. The smallest absolute Gasteiger partial charge is 0.220 e. The van der Waals surface area contributed by atoms with Gasteiger partial charge in [0, 0.05) is 6.42 Å². The van der Waals surface area contributed by atoms with Crippen molar-refractivity contribution in [2.45, 2.75) is 122 Å². The van der Waals surface area contributed by atoms with Crippen molar-refractivity contribution in [1.29, 1.82) is 0 Å². The van der Waals surface area contributed by atoms with E-state index < -0.39 is 12.1 Å². The van der Waals surface area contributed by atoms with Gasteiger partial charge in [-0.2, -0.15) is 0 Å². The Balaban J connectivity index is 3.89. The number of hydrogen-bond donors (Lipinski definition) is 3. The molecule has 0 aliphatic carbocycles. The van der Waals surface area contributed by atoms with Crippen molar-refractivity contribution >= 4 is 5.91 Å². The van der Waals surface area contributed by atoms with E-state index in [1.54, 1.807) is 12.2 Å². The molecule has 0 heterocycles. The molecule has 0 aliphatic heterocycles. The molecule has 170 valence electrons. The molecule has 0 fully saturated rings. The number of carbonyl (C=O) groups is 1. The number of amides is 1. The normalized spacial score (nSPS) is 13.9. The predicted molar refractivity (Wildman–Crippen MR) is 124 cm³/mol. The van der Waals surface area contributed by atoms with Crippen LogP contribution in [0.2, 0.25) is 0 Å². The second-order valence-corrected chi connectivity index (χ2v) is 8.09. The van der Waals surface area contributed by atoms with Crippen LogP contribution in [0.3, 0.4) is 0 Å². The van der Waals surface area contributed by atoms with Crippen molar-refractivity contribution < 1.29 is 15.0 Å². The van der Waals surface area contributed by atoms with Crippen molar-refractivity contribution in [3.05, 3.63) is 24.3 Å². The number of allylic oxidation sites excluding steroid dienone is 3. The van der Waals surface area contributed by atoms with E-state index in [0.717, 1.165) is 19.3 Å². The Labute approximate surface area is 179 Å². The molecule has 0 aromatic rings. The molecule has 0 rings (SSSR count). The van der Waals surface area contributed by atoms with Crippen LogP contribution in [0.4, 0.5) is 0 Å². The van der Waals surface area contributed by atoms with Crippen LogP contribution in [0.15, 0.2) is 24.3 Å². The largest absolute Gasteiger partial charge is 0.394 e. The molecule has 0 aliphatic rings. The van der Waals surface area contributed by atoms with Crippen molar-refractivity contribution in [3.8, 4) is 0 Å². The summed E-state index contributed by atoms with van der Waals surface area (Å²) in [5.41, 5.74) is 0. The number of nitrogens with one attached hydrogen (secondary N) is 1. The van der Waals surface area contributed by atoms with Gasteiger partial charge < -0.3 is 15.5 Å². The summed E-state index contributed by atoms with van der Waals surface area (Å²) in [6, 6.07) is -0.643. The minimum Gasteiger partial charge on any atom is -0.394 e. The molecule has 4 heteroatoms. The summed E-state index contributed by atoms with van der Waals surface area (Å²) >= 11 is 0. The first-order valence-electron chi connectivity index (χ1n) is 12.1. The summed E-state index contributed by atoms with van der Waals surface area (Å²) in [4.78, 5) is 12.0. The first-order chi connectivity index (χ1) is 14.2. The van der Waals surface area contributed by atoms with Crippen LogP contribution in [0.25, 0.3) is 0 Å². The van der Waals surface area contributed by atoms with Crippen molar-refractivity contribution in [1.82, 2.24) is 5.32 Å². The van der Waals surface area contributed by atoms with Gasteiger partial charge in [0.15, 0.2) is 0 Å². The molecule has 0 aromatic carbocycles. The minimum absolute atomic E-state index is 0.0938. The summed E-state index contributed by atoms with van der Waals surface area (Å²) in [5, 5.41) is 22.4. The molecular weight excluding hydrogens is 362 g/mol. The zero-order valence-corrected chi connectivity index (χ0v) is 19.1. The third kappa shape index (κ3) is 18.6. The standard InChI is InChI=1S/C25H47NO3/c1-3-5-7-9-11-12-13-15-16-18-20-24(28)23(22-27)26-25(29)21-19-17-14-10-8-6-4-2/h15-16,18,20,23-24,27-28H,3-14,17,19,21-22H2,1-2H3,(H,26,29)/b16-15+,20-18+/t23-,24+/m0/s1. The highest BCUT2D eigenvalue weighted by Gasteiger charge is 2.17. The molecule has 0 saturated carbocycles. The second-order valence-electron chi connectivity index (χ2n) is 8.09. The molecule has 0 bridgehead atoms. The number of unbranched alkanes of at least 4 members (excludes halogenated alkanes) is 12. The summed E-state index contributed by atoms with van der Waals surface area (Å²) in [6.45, 7) is 4.17. The fraction of sp³-hybridized carbons (Fsp3) is 0.800. The highest BCUT2D eigenvalue weighted by atomic mass is 16.3. The lowest BCUT2D eigenvalue weighted by molar-refractivity contribution is -0.123. The SMILES string of the molecule is CCCCCCCC/C=C/C=C/[C@@H](O)[C@H](CO)NC(=O)CCCCCCCCC. The molecule has 29 heavy (non-hydrogen) atoms. The monoisotopic (exact) mass is 409 g/mol. The lowest BCUT2D eigenvalue weighted by Crippen LogP contribution is -2.45. The molecule has 0 aromatic heterocycles. The number of hydrogen-bond acceptors (Lipinski definition) is 3. The van der Waals surface area contributed by atoms with Gasteiger partial charge in [-0.3, -0.25) is 4.79 Å². The highest BCUT2D eigenvalue weighted by Crippen LogP contribution is 2.09. The van der Waals surface area contributed by atoms with E-state index in [2.05, 4.69) is 25.2 Å². The zero-order valence-electron chi connectivity index (χ0n) is 19.1. The molecule has 0 spiro atoms. The maximum Gasteiger partial charge on any atom is 0.220 e. The first-order valence-corrected chi connectivity index (χ1v) is 12.1. The van der Waals surface area contributed by atoms with Gasteiger partial charge in [-0.15, -0.1) is 0 Å². The predicted octanol–water partition coefficient (Wildman–Crippen LogP) is 5.83. The van der Waals surface area contributed by atoms with Gasteiger partial charge in [0.05, 0.1) is 18.8 Å². The Morgan fingerprint density at radius 2 is 1.38 bits per heavy atom. The van der Waals surface area contributed by atoms with Gasteiger partial charge in [0.2, 0.25) is 5.91 Å². The van der Waals surface area contributed by atoms with Crippen LogP contribution in [0, 0.1) is 0 Å². The molecule has 2 atom stereocenters. The fourth-order valence-corrected chi connectivity index (χ4v) is 3.29. The molecule has 4 nitrogen and oxygen atoms in total. The Hall–Kier alpha value is -1.13. The number of carbonyl (C=O) groups excluding carboxylic acids is 1. The average Bonchev–Trinajstić information content (AvgIpc) is 2.72. The number of rotatable bonds is 20. The number of aliphatic hydroxyl groups is 2. The first kappa shape index (κ1) is 27.9. The zero-order chi connectivity index (χ0) is 21.6. The second kappa shape index (κ2) is 21.6. The fourth-order valence-electron chi connectivity index (χ4n) is 3.29. The summed E-state index contributed by atoms with van der Waals surface area (Å²) in [6.07, 6.45) is 24.0. The molecule has 3 N–H and O–H groups in total. The lowest BCUT2D eigenvalue weighted by Gasteiger charge is -2.19. The van der Waals surface area contributed by atoms with Gasteiger partial charge in [-0.05, 0) is 19.3 Å². The average molecular weight is 410 g/mol. The van der Waals surface area contributed by atoms with Crippen molar-refractivity contribution in [2.75, 3.05) is 6.61 Å². The maximum absolute atomic E-state index is 12.0. The summed E-state index contributed by atoms with van der Waals surface area (Å²) in [5.74, 6) is -0.0938. The van der Waals surface area contributed by atoms with Crippen LogP contribution >= 0.6 is 0 Å². The van der Waals surface area contributed by atoms with E-state index in [0.29, 0.717) is 6.42 Å². The lowest BCUT2D eigenvalue weighted by atomic mass is 10.1. The Bertz CT molecular complexity index is 420. The van der Waals surface area contributed by atoms with Gasteiger partial charge in [-0.25, -0.2) is 0 Å². The van der Waals surface area contributed by atoms with Crippen molar-refractivity contribution in [3.63, 3.8) is 0 Å². The van der Waals surface area contributed by atoms with Crippen LogP contribution in [0.1, 0.15) is 110 Å². The number of aliphatic hydroxyl groups excluding tert-OH is 2. The van der Waals surface area contributed by atoms with E-state index in [4.69, 9.17) is 0 Å². The molecular formula is C25H47NO3. The van der Waals surface area contributed by atoms with Crippen molar-refractivity contribution in [2.24, 2.45) is 0 Å². The van der Waals surface area contributed by atoms with E-state index in [1.165, 1.54) is 70.6 Å². The van der Waals surface area contributed by atoms with E-state index in [9.17, 15) is 15.0 Å². The molecule has 0 unspecified atom stereocenters.